The zero-order chi connectivity index (χ0) is 19.6. The van der Waals surface area contributed by atoms with Crippen LogP contribution in [0, 0.1) is 17.8 Å². The van der Waals surface area contributed by atoms with Crippen LogP contribution in [0.15, 0.2) is 51.9 Å². The van der Waals surface area contributed by atoms with Crippen LogP contribution in [0.25, 0.3) is 11.3 Å². The number of aromatic nitrogens is 1. The number of hydrogen-bond acceptors (Lipinski definition) is 4. The zero-order valence-electron chi connectivity index (χ0n) is 17.0. The van der Waals surface area contributed by atoms with Crippen molar-refractivity contribution in [3.05, 3.63) is 46.6 Å². The summed E-state index contributed by atoms with van der Waals surface area (Å²) in [5, 5.41) is 7.18. The molecule has 0 saturated heterocycles. The molecule has 2 aromatic rings. The molecule has 4 nitrogen and oxygen atoms in total. The van der Waals surface area contributed by atoms with E-state index < -0.39 is 0 Å². The Labute approximate surface area is 176 Å². The zero-order valence-corrected chi connectivity index (χ0v) is 17.9. The molecule has 3 atom stereocenters. The van der Waals surface area contributed by atoms with E-state index in [9.17, 15) is 0 Å². The molecule has 1 aromatic carbocycles. The Morgan fingerprint density at radius 3 is 2.72 bits per heavy atom. The molecule has 3 unspecified atom stereocenters. The summed E-state index contributed by atoms with van der Waals surface area (Å²) in [5.41, 5.74) is 2.14. The second-order valence-electron chi connectivity index (χ2n) is 8.55. The fourth-order valence-corrected chi connectivity index (χ4v) is 5.95. The molecule has 2 bridgehead atoms. The summed E-state index contributed by atoms with van der Waals surface area (Å²) in [5.74, 6) is 2.84. The summed E-state index contributed by atoms with van der Waals surface area (Å²) in [6, 6.07) is 8.62. The van der Waals surface area contributed by atoms with Crippen LogP contribution < -0.4 is 9.54 Å². The van der Waals surface area contributed by atoms with Gasteiger partial charge in [0.25, 0.3) is 0 Å². The molecular weight excluding hydrogens is 378 g/mol. The maximum atomic E-state index is 5.63. The average Bonchev–Trinajstić information content (AvgIpc) is 3.49. The molecule has 0 radical (unpaired) electrons. The topological polar surface area (TPSA) is 38.9 Å². The SMILES string of the molecule is COc1ccccc1-c1csc(=NC2CCCCC2)n1N=CC1CC2C=CC1C2. The van der Waals surface area contributed by atoms with Gasteiger partial charge in [0.1, 0.15) is 5.75 Å². The van der Waals surface area contributed by atoms with Gasteiger partial charge >= 0.3 is 0 Å². The van der Waals surface area contributed by atoms with Crippen molar-refractivity contribution >= 4 is 17.6 Å². The Morgan fingerprint density at radius 2 is 1.97 bits per heavy atom. The van der Waals surface area contributed by atoms with Gasteiger partial charge in [-0.05, 0) is 49.7 Å². The van der Waals surface area contributed by atoms with Gasteiger partial charge in [-0.1, -0.05) is 43.5 Å². The van der Waals surface area contributed by atoms with E-state index >= 15 is 0 Å². The number of fused-ring (bicyclic) bond motifs is 2. The van der Waals surface area contributed by atoms with Crippen molar-refractivity contribution in [2.75, 3.05) is 7.11 Å². The first-order valence-electron chi connectivity index (χ1n) is 10.9. The average molecular weight is 408 g/mol. The lowest BCUT2D eigenvalue weighted by Gasteiger charge is -2.17. The van der Waals surface area contributed by atoms with Crippen molar-refractivity contribution in [3.8, 4) is 17.0 Å². The Kier molecular flexibility index (Phi) is 5.40. The van der Waals surface area contributed by atoms with Crippen molar-refractivity contribution in [3.63, 3.8) is 0 Å². The van der Waals surface area contributed by atoms with Crippen LogP contribution in [-0.4, -0.2) is 24.0 Å². The molecule has 1 heterocycles. The third-order valence-electron chi connectivity index (χ3n) is 6.64. The van der Waals surface area contributed by atoms with Gasteiger partial charge in [-0.25, -0.2) is 4.68 Å². The minimum atomic E-state index is 0.430. The van der Waals surface area contributed by atoms with Crippen LogP contribution in [0.5, 0.6) is 5.75 Å². The minimum Gasteiger partial charge on any atom is -0.496 e. The van der Waals surface area contributed by atoms with E-state index in [1.807, 2.05) is 12.1 Å². The van der Waals surface area contributed by atoms with Gasteiger partial charge in [0.05, 0.1) is 18.8 Å². The predicted octanol–water partition coefficient (Wildman–Crippen LogP) is 5.50. The highest BCUT2D eigenvalue weighted by atomic mass is 32.1. The molecule has 0 N–H and O–H groups in total. The summed E-state index contributed by atoms with van der Waals surface area (Å²) in [6.45, 7) is 0. The molecule has 5 heteroatoms. The first-order chi connectivity index (χ1) is 14.3. The second-order valence-corrected chi connectivity index (χ2v) is 9.38. The Hall–Kier alpha value is -2.14. The van der Waals surface area contributed by atoms with Crippen LogP contribution in [-0.2, 0) is 0 Å². The lowest BCUT2D eigenvalue weighted by molar-refractivity contribution is 0.416. The monoisotopic (exact) mass is 407 g/mol. The standard InChI is InChI=1S/C24H29N3OS/c1-28-23-10-6-5-9-21(23)22-16-29-24(26-20-7-3-2-4-8-20)27(22)25-15-19-14-17-11-12-18(19)13-17/h5-6,9-12,15-20H,2-4,7-8,13-14H2,1H3. The number of methoxy groups -OCH3 is 1. The van der Waals surface area contributed by atoms with Crippen molar-refractivity contribution in [2.24, 2.45) is 27.8 Å². The van der Waals surface area contributed by atoms with Gasteiger partial charge in [0.15, 0.2) is 0 Å². The van der Waals surface area contributed by atoms with E-state index in [4.69, 9.17) is 14.8 Å². The van der Waals surface area contributed by atoms with Gasteiger partial charge in [-0.15, -0.1) is 11.3 Å². The largest absolute Gasteiger partial charge is 0.496 e. The molecule has 3 aliphatic carbocycles. The molecule has 2 saturated carbocycles. The number of allylic oxidation sites excluding steroid dienone is 2. The highest BCUT2D eigenvalue weighted by molar-refractivity contribution is 7.07. The molecule has 0 amide bonds. The highest BCUT2D eigenvalue weighted by Crippen LogP contribution is 2.42. The molecule has 3 aliphatic rings. The Balaban J connectivity index is 1.54. The number of hydrogen-bond donors (Lipinski definition) is 0. The maximum absolute atomic E-state index is 5.63. The number of rotatable bonds is 5. The highest BCUT2D eigenvalue weighted by Gasteiger charge is 2.34. The number of nitrogens with zero attached hydrogens (tertiary/aromatic N) is 3. The lowest BCUT2D eigenvalue weighted by atomic mass is 9.95. The maximum Gasteiger partial charge on any atom is 0.206 e. The van der Waals surface area contributed by atoms with Crippen LogP contribution in [0.1, 0.15) is 44.9 Å². The third kappa shape index (κ3) is 3.85. The van der Waals surface area contributed by atoms with E-state index in [-0.39, 0.29) is 0 Å². The summed E-state index contributed by atoms with van der Waals surface area (Å²) in [4.78, 5) is 6.13. The smallest absolute Gasteiger partial charge is 0.206 e. The molecule has 0 aliphatic heterocycles. The summed E-state index contributed by atoms with van der Waals surface area (Å²) in [7, 11) is 1.73. The molecule has 5 rings (SSSR count). The third-order valence-corrected chi connectivity index (χ3v) is 7.47. The van der Waals surface area contributed by atoms with Gasteiger partial charge < -0.3 is 4.74 Å². The summed E-state index contributed by atoms with van der Waals surface area (Å²) < 4.78 is 7.69. The fourth-order valence-electron chi connectivity index (χ4n) is 5.06. The molecular formula is C24H29N3OS. The van der Waals surface area contributed by atoms with Gasteiger partial charge in [-0.3, -0.25) is 4.99 Å². The predicted molar refractivity (Wildman–Crippen MR) is 119 cm³/mol. The van der Waals surface area contributed by atoms with Crippen LogP contribution in [0.2, 0.25) is 0 Å². The van der Waals surface area contributed by atoms with Crippen LogP contribution in [0.3, 0.4) is 0 Å². The molecule has 152 valence electrons. The normalized spacial score (nSPS) is 27.3. The fraction of sp³-hybridized carbons (Fsp3) is 0.500. The molecule has 1 aromatic heterocycles. The first kappa shape index (κ1) is 18.9. The number of benzene rings is 1. The van der Waals surface area contributed by atoms with E-state index in [0.29, 0.717) is 17.9 Å². The lowest BCUT2D eigenvalue weighted by Crippen LogP contribution is -2.20. The van der Waals surface area contributed by atoms with E-state index in [2.05, 4.69) is 40.6 Å². The van der Waals surface area contributed by atoms with Gasteiger partial charge in [0.2, 0.25) is 4.80 Å². The van der Waals surface area contributed by atoms with Crippen LogP contribution in [0.4, 0.5) is 0 Å². The van der Waals surface area contributed by atoms with Crippen molar-refractivity contribution < 1.29 is 4.74 Å². The number of para-hydroxylation sites is 1. The quantitative estimate of drug-likeness (QED) is 0.476. The minimum absolute atomic E-state index is 0.430. The van der Waals surface area contributed by atoms with Crippen molar-refractivity contribution in [2.45, 2.75) is 51.0 Å². The van der Waals surface area contributed by atoms with Gasteiger partial charge in [0, 0.05) is 23.1 Å². The second kappa shape index (κ2) is 8.31. The number of ether oxygens (including phenoxy) is 1. The molecule has 29 heavy (non-hydrogen) atoms. The number of thiazole rings is 1. The molecule has 0 spiro atoms. The van der Waals surface area contributed by atoms with Crippen molar-refractivity contribution in [1.82, 2.24) is 4.68 Å². The van der Waals surface area contributed by atoms with Crippen molar-refractivity contribution in [1.29, 1.82) is 0 Å². The van der Waals surface area contributed by atoms with E-state index in [1.165, 1.54) is 44.9 Å². The summed E-state index contributed by atoms with van der Waals surface area (Å²) in [6.07, 6.45) is 15.8. The Morgan fingerprint density at radius 1 is 1.10 bits per heavy atom. The van der Waals surface area contributed by atoms with Gasteiger partial charge in [-0.2, -0.15) is 5.10 Å². The van der Waals surface area contributed by atoms with Crippen LogP contribution >= 0.6 is 11.3 Å². The Bertz CT molecular complexity index is 980. The first-order valence-corrected chi connectivity index (χ1v) is 11.8. The summed E-state index contributed by atoms with van der Waals surface area (Å²) >= 11 is 1.69. The molecule has 2 fully saturated rings. The van der Waals surface area contributed by atoms with E-state index in [0.717, 1.165) is 27.7 Å². The van der Waals surface area contributed by atoms with E-state index in [1.54, 1.807) is 18.4 Å².